The molecule has 9 heteroatoms. The van der Waals surface area contributed by atoms with Crippen molar-refractivity contribution in [1.82, 2.24) is 9.47 Å². The molecule has 0 amide bonds. The lowest BCUT2D eigenvalue weighted by Gasteiger charge is -2.11. The third kappa shape index (κ3) is 5.40. The first-order chi connectivity index (χ1) is 14.7. The Balaban J connectivity index is 1.88. The van der Waals surface area contributed by atoms with Crippen LogP contribution in [-0.2, 0) is 21.1 Å². The number of carbonyl (C=O) groups is 1. The van der Waals surface area contributed by atoms with E-state index in [1.165, 1.54) is 6.34 Å². The maximum atomic E-state index is 12.7. The highest BCUT2D eigenvalue weighted by Crippen LogP contribution is 2.29. The van der Waals surface area contributed by atoms with E-state index in [1.807, 2.05) is 45.2 Å². The monoisotopic (exact) mass is 457 g/mol. The van der Waals surface area contributed by atoms with Crippen LogP contribution in [0.3, 0.4) is 0 Å². The predicted octanol–water partition coefficient (Wildman–Crippen LogP) is 3.74. The van der Waals surface area contributed by atoms with Crippen LogP contribution in [0, 0.1) is 6.92 Å². The molecule has 0 aliphatic heterocycles. The molecule has 1 unspecified atom stereocenters. The molecule has 0 bridgehead atoms. The van der Waals surface area contributed by atoms with Gasteiger partial charge in [0.15, 0.2) is 0 Å². The maximum absolute atomic E-state index is 12.7. The van der Waals surface area contributed by atoms with E-state index in [0.29, 0.717) is 17.7 Å². The number of rotatable bonds is 7. The standard InChI is InChI=1S/C22H24N3O4PS/c1-16-12-19(22(26)29-30)14-25(16)13-17-8-10-18(11-9-17)20-6-4-5-7-21(20)31(27,28)23-15-24(2)3/h4-12,14-15H,13,30H2,1-3H3. The lowest BCUT2D eigenvalue weighted by Crippen LogP contribution is -2.10. The van der Waals surface area contributed by atoms with Crippen molar-refractivity contribution in [2.45, 2.75) is 18.4 Å². The van der Waals surface area contributed by atoms with Gasteiger partial charge < -0.3 is 14.0 Å². The van der Waals surface area contributed by atoms with Gasteiger partial charge in [-0.05, 0) is 30.2 Å². The van der Waals surface area contributed by atoms with Crippen LogP contribution in [0.5, 0.6) is 0 Å². The molecule has 1 heterocycles. The quantitative estimate of drug-likeness (QED) is 0.307. The van der Waals surface area contributed by atoms with Gasteiger partial charge in [-0.1, -0.05) is 42.5 Å². The van der Waals surface area contributed by atoms with Gasteiger partial charge in [-0.2, -0.15) is 8.42 Å². The Bertz CT molecular complexity index is 1220. The lowest BCUT2D eigenvalue weighted by atomic mass is 10.0. The Hall–Kier alpha value is -2.96. The molecule has 3 rings (SSSR count). The summed E-state index contributed by atoms with van der Waals surface area (Å²) in [6, 6.07) is 16.2. The van der Waals surface area contributed by atoms with Gasteiger partial charge in [0.05, 0.1) is 19.9 Å². The van der Waals surface area contributed by atoms with E-state index in [4.69, 9.17) is 4.52 Å². The smallest absolute Gasteiger partial charge is 0.341 e. The first kappa shape index (κ1) is 22.7. The van der Waals surface area contributed by atoms with Crippen LogP contribution in [0.25, 0.3) is 11.1 Å². The van der Waals surface area contributed by atoms with Crippen molar-refractivity contribution in [3.8, 4) is 11.1 Å². The fourth-order valence-electron chi connectivity index (χ4n) is 3.09. The summed E-state index contributed by atoms with van der Waals surface area (Å²) in [6.45, 7) is 2.49. The highest BCUT2D eigenvalue weighted by molar-refractivity contribution is 7.90. The van der Waals surface area contributed by atoms with Crippen LogP contribution in [0.4, 0.5) is 0 Å². The van der Waals surface area contributed by atoms with Crippen molar-refractivity contribution < 1.29 is 17.7 Å². The fourth-order valence-corrected chi connectivity index (χ4v) is 4.37. The number of hydrogen-bond acceptors (Lipinski definition) is 4. The Morgan fingerprint density at radius 1 is 1.16 bits per heavy atom. The number of benzene rings is 2. The van der Waals surface area contributed by atoms with Crippen LogP contribution in [-0.4, -0.2) is 44.3 Å². The molecule has 0 aliphatic rings. The number of aromatic nitrogens is 1. The van der Waals surface area contributed by atoms with Gasteiger partial charge in [-0.25, -0.2) is 4.79 Å². The zero-order valence-electron chi connectivity index (χ0n) is 17.5. The summed E-state index contributed by atoms with van der Waals surface area (Å²) in [4.78, 5) is 13.4. The van der Waals surface area contributed by atoms with Crippen LogP contribution in [0.1, 0.15) is 21.6 Å². The summed E-state index contributed by atoms with van der Waals surface area (Å²) in [6.07, 6.45) is 3.02. The molecule has 162 valence electrons. The van der Waals surface area contributed by atoms with Crippen LogP contribution < -0.4 is 0 Å². The second-order valence-electron chi connectivity index (χ2n) is 7.26. The molecule has 1 aromatic heterocycles. The molecule has 0 fully saturated rings. The summed E-state index contributed by atoms with van der Waals surface area (Å²) in [5, 5.41) is 0. The first-order valence-electron chi connectivity index (χ1n) is 9.44. The molecule has 0 N–H and O–H groups in total. The average Bonchev–Trinajstić information content (AvgIpc) is 3.12. The molecule has 0 radical (unpaired) electrons. The van der Waals surface area contributed by atoms with E-state index in [9.17, 15) is 13.2 Å². The van der Waals surface area contributed by atoms with E-state index in [-0.39, 0.29) is 4.90 Å². The van der Waals surface area contributed by atoms with E-state index in [1.54, 1.807) is 55.5 Å². The normalized spacial score (nSPS) is 11.6. The van der Waals surface area contributed by atoms with Crippen LogP contribution in [0.15, 0.2) is 70.1 Å². The lowest BCUT2D eigenvalue weighted by molar-refractivity contribution is 0.0765. The minimum absolute atomic E-state index is 0.155. The molecule has 1 atom stereocenters. The average molecular weight is 457 g/mol. The number of nitrogens with zero attached hydrogens (tertiary/aromatic N) is 3. The molecule has 0 saturated heterocycles. The Kier molecular flexibility index (Phi) is 6.93. The molecular formula is C22H24N3O4PS. The second kappa shape index (κ2) is 9.45. The second-order valence-corrected chi connectivity index (χ2v) is 9.09. The summed E-state index contributed by atoms with van der Waals surface area (Å²) < 4.78 is 35.8. The van der Waals surface area contributed by atoms with Crippen molar-refractivity contribution in [1.29, 1.82) is 0 Å². The van der Waals surface area contributed by atoms with Gasteiger partial charge >= 0.3 is 5.97 Å². The molecule has 7 nitrogen and oxygen atoms in total. The summed E-state index contributed by atoms with van der Waals surface area (Å²) in [7, 11) is 1.55. The summed E-state index contributed by atoms with van der Waals surface area (Å²) in [5.41, 5.74) is 3.80. The van der Waals surface area contributed by atoms with E-state index >= 15 is 0 Å². The van der Waals surface area contributed by atoms with Gasteiger partial charge in [0, 0.05) is 38.1 Å². The van der Waals surface area contributed by atoms with Crippen molar-refractivity contribution in [2.24, 2.45) is 4.40 Å². The molecule has 3 aromatic rings. The van der Waals surface area contributed by atoms with Crippen molar-refractivity contribution in [3.63, 3.8) is 0 Å². The van der Waals surface area contributed by atoms with Gasteiger partial charge in [0.1, 0.15) is 6.34 Å². The summed E-state index contributed by atoms with van der Waals surface area (Å²) in [5.74, 6) is -0.406. The van der Waals surface area contributed by atoms with E-state index < -0.39 is 16.0 Å². The minimum Gasteiger partial charge on any atom is -0.448 e. The van der Waals surface area contributed by atoms with Gasteiger partial charge in [0.25, 0.3) is 10.0 Å². The SMILES string of the molecule is Cc1cc(C(=O)OP)cn1Cc1ccc(-c2ccccc2S(=O)(=O)N=CN(C)C)cc1. The highest BCUT2D eigenvalue weighted by atomic mass is 32.2. The first-order valence-corrected chi connectivity index (χ1v) is 11.4. The number of sulfonamides is 1. The molecule has 0 aliphatic carbocycles. The number of carbonyl (C=O) groups excluding carboxylic acids is 1. The topological polar surface area (TPSA) is 81.0 Å². The van der Waals surface area contributed by atoms with E-state index in [2.05, 4.69) is 4.40 Å². The maximum Gasteiger partial charge on any atom is 0.341 e. The molecular weight excluding hydrogens is 433 g/mol. The van der Waals surface area contributed by atoms with Crippen molar-refractivity contribution in [2.75, 3.05) is 14.1 Å². The number of aryl methyl sites for hydroxylation is 1. The molecule has 31 heavy (non-hydrogen) atoms. The zero-order valence-corrected chi connectivity index (χ0v) is 19.5. The molecule has 0 spiro atoms. The predicted molar refractivity (Wildman–Crippen MR) is 125 cm³/mol. The Morgan fingerprint density at radius 2 is 1.84 bits per heavy atom. The third-order valence-electron chi connectivity index (χ3n) is 4.65. The van der Waals surface area contributed by atoms with Gasteiger partial charge in [-0.3, -0.25) is 0 Å². The Morgan fingerprint density at radius 3 is 2.48 bits per heavy atom. The Labute approximate surface area is 184 Å². The fraction of sp³-hybridized carbons (Fsp3) is 0.182. The molecule has 2 aromatic carbocycles. The van der Waals surface area contributed by atoms with Crippen molar-refractivity contribution >= 4 is 31.8 Å². The zero-order chi connectivity index (χ0) is 22.6. The largest absolute Gasteiger partial charge is 0.448 e. The number of hydrogen-bond donors (Lipinski definition) is 0. The van der Waals surface area contributed by atoms with E-state index in [0.717, 1.165) is 16.8 Å². The van der Waals surface area contributed by atoms with Crippen molar-refractivity contribution in [3.05, 3.63) is 77.6 Å². The van der Waals surface area contributed by atoms with Gasteiger partial charge in [0.2, 0.25) is 0 Å². The van der Waals surface area contributed by atoms with Crippen LogP contribution in [0.2, 0.25) is 0 Å². The van der Waals surface area contributed by atoms with Gasteiger partial charge in [-0.15, -0.1) is 4.40 Å². The minimum atomic E-state index is -3.83. The highest BCUT2D eigenvalue weighted by Gasteiger charge is 2.18. The molecule has 0 saturated carbocycles. The summed E-state index contributed by atoms with van der Waals surface area (Å²) >= 11 is 0. The van der Waals surface area contributed by atoms with Crippen LogP contribution >= 0.6 is 9.47 Å². The third-order valence-corrected chi connectivity index (χ3v) is 6.15.